The normalized spacial score (nSPS) is 11.6. The highest BCUT2D eigenvalue weighted by atomic mass is 16.5. The van der Waals surface area contributed by atoms with Crippen LogP contribution in [0.25, 0.3) is 27.9 Å². The summed E-state index contributed by atoms with van der Waals surface area (Å²) < 4.78 is 2.77. The minimum atomic E-state index is -0.104. The van der Waals surface area contributed by atoms with Crippen LogP contribution in [0.4, 0.5) is 0 Å². The van der Waals surface area contributed by atoms with Gasteiger partial charge in [-0.3, -0.25) is 14.2 Å². The minimum absolute atomic E-state index is 0.104. The fourth-order valence-corrected chi connectivity index (χ4v) is 3.51. The number of allylic oxidation sites excluding steroid dienone is 1. The summed E-state index contributed by atoms with van der Waals surface area (Å²) in [7, 11) is 0. The molecule has 1 radical (unpaired) electrons. The van der Waals surface area contributed by atoms with E-state index in [1.807, 2.05) is 24.3 Å². The van der Waals surface area contributed by atoms with Gasteiger partial charge in [-0.25, -0.2) is 4.98 Å². The standard InChI is InChI=1S/C22H18N3O3/c1-15-23-20-13-16(5-4-12-26)8-9-19(20)22(27)24(15)11-10-17-14-25(28)21-7-3-2-6-18(17)21/h2-9,13-14,28H,10-11H2,1H3/b5-4+. The third-order valence-corrected chi connectivity index (χ3v) is 4.89. The van der Waals surface area contributed by atoms with Crippen LogP contribution in [0.2, 0.25) is 0 Å². The van der Waals surface area contributed by atoms with Crippen LogP contribution in [0.5, 0.6) is 0 Å². The number of carbonyl (C=O) groups excluding carboxylic acids is 1. The molecule has 0 bridgehead atoms. The van der Waals surface area contributed by atoms with Crippen LogP contribution >= 0.6 is 0 Å². The summed E-state index contributed by atoms with van der Waals surface area (Å²) >= 11 is 0. The number of benzene rings is 2. The first-order valence-electron chi connectivity index (χ1n) is 8.92. The molecule has 0 atom stereocenters. The lowest BCUT2D eigenvalue weighted by atomic mass is 10.1. The van der Waals surface area contributed by atoms with E-state index >= 15 is 0 Å². The van der Waals surface area contributed by atoms with Crippen LogP contribution < -0.4 is 5.56 Å². The van der Waals surface area contributed by atoms with Crippen LogP contribution in [-0.2, 0) is 17.8 Å². The van der Waals surface area contributed by atoms with E-state index in [2.05, 4.69) is 4.98 Å². The van der Waals surface area contributed by atoms with Crippen molar-refractivity contribution >= 4 is 34.2 Å². The molecule has 0 spiro atoms. The fourth-order valence-electron chi connectivity index (χ4n) is 3.51. The van der Waals surface area contributed by atoms with Gasteiger partial charge in [0.25, 0.3) is 5.56 Å². The van der Waals surface area contributed by atoms with Crippen molar-refractivity contribution in [1.29, 1.82) is 0 Å². The van der Waals surface area contributed by atoms with Crippen LogP contribution in [0.15, 0.2) is 59.5 Å². The first kappa shape index (κ1) is 17.7. The SMILES string of the molecule is Cc1nc2cc(/C=C/[C]=O)ccc2c(=O)n1CCc1cn(O)c2ccccc12. The van der Waals surface area contributed by atoms with Crippen molar-refractivity contribution in [2.24, 2.45) is 0 Å². The second-order valence-corrected chi connectivity index (χ2v) is 6.61. The lowest BCUT2D eigenvalue weighted by molar-refractivity contribution is 0.199. The van der Waals surface area contributed by atoms with E-state index < -0.39 is 0 Å². The lowest BCUT2D eigenvalue weighted by Crippen LogP contribution is -2.24. The fraction of sp³-hybridized carbons (Fsp3) is 0.136. The number of nitrogens with zero attached hydrogens (tertiary/aromatic N) is 3. The summed E-state index contributed by atoms with van der Waals surface area (Å²) in [5.74, 6) is 0.619. The summed E-state index contributed by atoms with van der Waals surface area (Å²) in [6.45, 7) is 2.27. The summed E-state index contributed by atoms with van der Waals surface area (Å²) in [4.78, 5) is 27.9. The summed E-state index contributed by atoms with van der Waals surface area (Å²) in [5.41, 5.74) is 2.99. The molecule has 139 valence electrons. The molecule has 4 aromatic rings. The Morgan fingerprint density at radius 3 is 2.82 bits per heavy atom. The smallest absolute Gasteiger partial charge is 0.261 e. The molecule has 2 aromatic heterocycles. The number of hydrogen-bond donors (Lipinski definition) is 1. The molecule has 0 amide bonds. The maximum atomic E-state index is 13.0. The monoisotopic (exact) mass is 372 g/mol. The molecular weight excluding hydrogens is 354 g/mol. The van der Waals surface area contributed by atoms with Gasteiger partial charge in [0.15, 0.2) is 0 Å². The molecule has 0 aliphatic heterocycles. The van der Waals surface area contributed by atoms with Crippen molar-refractivity contribution in [1.82, 2.24) is 14.3 Å². The summed E-state index contributed by atoms with van der Waals surface area (Å²) in [6.07, 6.45) is 6.89. The highest BCUT2D eigenvalue weighted by Crippen LogP contribution is 2.21. The highest BCUT2D eigenvalue weighted by Gasteiger charge is 2.11. The van der Waals surface area contributed by atoms with Gasteiger partial charge in [-0.05, 0) is 48.7 Å². The number of aromatic nitrogens is 3. The van der Waals surface area contributed by atoms with E-state index in [0.29, 0.717) is 29.7 Å². The molecule has 2 heterocycles. The molecule has 6 heteroatoms. The average molecular weight is 372 g/mol. The van der Waals surface area contributed by atoms with Gasteiger partial charge < -0.3 is 5.21 Å². The quantitative estimate of drug-likeness (QED) is 0.431. The Balaban J connectivity index is 1.69. The second-order valence-electron chi connectivity index (χ2n) is 6.61. The van der Waals surface area contributed by atoms with Crippen LogP contribution in [0, 0.1) is 6.92 Å². The molecule has 1 N–H and O–H groups in total. The van der Waals surface area contributed by atoms with Crippen molar-refractivity contribution in [2.75, 3.05) is 0 Å². The minimum Gasteiger partial charge on any atom is -0.428 e. The van der Waals surface area contributed by atoms with Gasteiger partial charge in [0.2, 0.25) is 6.29 Å². The van der Waals surface area contributed by atoms with E-state index in [4.69, 9.17) is 0 Å². The molecule has 0 aliphatic rings. The van der Waals surface area contributed by atoms with Gasteiger partial charge in [-0.2, -0.15) is 4.73 Å². The number of para-hydroxylation sites is 1. The van der Waals surface area contributed by atoms with Crippen LogP contribution in [0.3, 0.4) is 0 Å². The molecule has 0 saturated carbocycles. The van der Waals surface area contributed by atoms with Crippen LogP contribution in [-0.4, -0.2) is 25.8 Å². The zero-order valence-electron chi connectivity index (χ0n) is 15.3. The van der Waals surface area contributed by atoms with E-state index in [-0.39, 0.29) is 5.56 Å². The van der Waals surface area contributed by atoms with E-state index in [1.54, 1.807) is 48.2 Å². The number of hydrogen-bond acceptors (Lipinski definition) is 4. The Morgan fingerprint density at radius 1 is 1.18 bits per heavy atom. The van der Waals surface area contributed by atoms with E-state index in [1.165, 1.54) is 6.08 Å². The molecule has 2 aromatic carbocycles. The summed E-state index contributed by atoms with van der Waals surface area (Å²) in [5, 5.41) is 11.5. The number of aryl methyl sites for hydroxylation is 2. The lowest BCUT2D eigenvalue weighted by Gasteiger charge is -2.11. The van der Waals surface area contributed by atoms with Gasteiger partial charge in [0.1, 0.15) is 5.82 Å². The zero-order chi connectivity index (χ0) is 19.7. The van der Waals surface area contributed by atoms with Crippen molar-refractivity contribution in [3.8, 4) is 0 Å². The Kier molecular flexibility index (Phi) is 4.53. The Bertz CT molecular complexity index is 1280. The number of fused-ring (bicyclic) bond motifs is 2. The van der Waals surface area contributed by atoms with Gasteiger partial charge in [0.05, 0.1) is 16.4 Å². The zero-order valence-corrected chi connectivity index (χ0v) is 15.3. The average Bonchev–Trinajstić information content (AvgIpc) is 3.02. The summed E-state index contributed by atoms with van der Waals surface area (Å²) in [6, 6.07) is 12.9. The van der Waals surface area contributed by atoms with Crippen molar-refractivity contribution < 1.29 is 10.0 Å². The number of rotatable bonds is 5. The third-order valence-electron chi connectivity index (χ3n) is 4.89. The third kappa shape index (κ3) is 3.09. The largest absolute Gasteiger partial charge is 0.428 e. The molecule has 28 heavy (non-hydrogen) atoms. The molecule has 0 unspecified atom stereocenters. The van der Waals surface area contributed by atoms with Gasteiger partial charge >= 0.3 is 0 Å². The van der Waals surface area contributed by atoms with Gasteiger partial charge in [-0.1, -0.05) is 30.3 Å². The molecule has 0 saturated heterocycles. The predicted octanol–water partition coefficient (Wildman–Crippen LogP) is 3.26. The van der Waals surface area contributed by atoms with Gasteiger partial charge in [0, 0.05) is 18.1 Å². The topological polar surface area (TPSA) is 77.1 Å². The highest BCUT2D eigenvalue weighted by molar-refractivity contribution is 5.84. The molecule has 4 rings (SSSR count). The van der Waals surface area contributed by atoms with Crippen molar-refractivity contribution in [3.05, 3.63) is 82.0 Å². The Labute approximate surface area is 160 Å². The maximum Gasteiger partial charge on any atom is 0.261 e. The molecule has 0 fully saturated rings. The van der Waals surface area contributed by atoms with Crippen molar-refractivity contribution in [2.45, 2.75) is 19.9 Å². The molecule has 6 nitrogen and oxygen atoms in total. The van der Waals surface area contributed by atoms with Crippen molar-refractivity contribution in [3.63, 3.8) is 0 Å². The first-order valence-corrected chi connectivity index (χ1v) is 8.92. The molecular formula is C22H18N3O3. The second kappa shape index (κ2) is 7.15. The van der Waals surface area contributed by atoms with Crippen LogP contribution in [0.1, 0.15) is 17.0 Å². The Hall–Kier alpha value is -3.67. The van der Waals surface area contributed by atoms with E-state index in [9.17, 15) is 14.8 Å². The predicted molar refractivity (Wildman–Crippen MR) is 108 cm³/mol. The Morgan fingerprint density at radius 2 is 2.00 bits per heavy atom. The van der Waals surface area contributed by atoms with Gasteiger partial charge in [-0.15, -0.1) is 0 Å². The maximum absolute atomic E-state index is 13.0. The van der Waals surface area contributed by atoms with E-state index in [0.717, 1.165) is 26.8 Å². The first-order chi connectivity index (χ1) is 13.6. The molecule has 0 aliphatic carbocycles.